The summed E-state index contributed by atoms with van der Waals surface area (Å²) in [6.45, 7) is 12.3. The van der Waals surface area contributed by atoms with Gasteiger partial charge in [0.1, 0.15) is 0 Å². The van der Waals surface area contributed by atoms with Crippen LogP contribution in [0.4, 0.5) is 5.82 Å². The van der Waals surface area contributed by atoms with Crippen LogP contribution in [0.25, 0.3) is 28.0 Å². The summed E-state index contributed by atoms with van der Waals surface area (Å²) in [6.07, 6.45) is 4.05. The molecule has 2 heteroatoms. The molecule has 2 nitrogen and oxygen atoms in total. The third kappa shape index (κ3) is 4.17. The molecule has 0 aliphatic rings. The van der Waals surface area contributed by atoms with Crippen molar-refractivity contribution in [2.24, 2.45) is 4.99 Å². The number of hydrogen-bond donors (Lipinski definition) is 0. The Morgan fingerprint density at radius 1 is 0.875 bits per heavy atom. The van der Waals surface area contributed by atoms with Crippen LogP contribution in [0.15, 0.2) is 90.6 Å². The van der Waals surface area contributed by atoms with E-state index in [4.69, 9.17) is 4.99 Å². The minimum absolute atomic E-state index is 0.759. The Labute approximate surface area is 190 Å². The summed E-state index contributed by atoms with van der Waals surface area (Å²) in [4.78, 5) is 9.71. The molecule has 0 N–H and O–H groups in total. The lowest BCUT2D eigenvalue weighted by Gasteiger charge is -2.12. The summed E-state index contributed by atoms with van der Waals surface area (Å²) >= 11 is 0. The van der Waals surface area contributed by atoms with Gasteiger partial charge in [0.15, 0.2) is 5.82 Å². The highest BCUT2D eigenvalue weighted by Gasteiger charge is 2.11. The molecule has 0 spiro atoms. The Morgan fingerprint density at radius 3 is 2.25 bits per heavy atom. The number of benzene rings is 3. The van der Waals surface area contributed by atoms with Crippen LogP contribution in [0.2, 0.25) is 0 Å². The summed E-state index contributed by atoms with van der Waals surface area (Å²) in [5.41, 5.74) is 6.47. The van der Waals surface area contributed by atoms with Gasteiger partial charge in [0.2, 0.25) is 0 Å². The third-order valence-electron chi connectivity index (χ3n) is 5.87. The van der Waals surface area contributed by atoms with Crippen LogP contribution in [-0.2, 0) is 0 Å². The molecule has 0 amide bonds. The maximum Gasteiger partial charge on any atom is 0.155 e. The molecular weight excluding hydrogens is 388 g/mol. The maximum absolute atomic E-state index is 5.03. The average Bonchev–Trinajstić information content (AvgIpc) is 2.82. The van der Waals surface area contributed by atoms with Crippen LogP contribution < -0.4 is 10.4 Å². The molecule has 1 aromatic heterocycles. The fourth-order valence-electron chi connectivity index (χ4n) is 4.08. The number of aryl methyl sites for hydroxylation is 1. The summed E-state index contributed by atoms with van der Waals surface area (Å²) in [7, 11) is 0. The molecular formula is C30H28N2. The molecule has 0 saturated heterocycles. The van der Waals surface area contributed by atoms with Crippen LogP contribution in [0.5, 0.6) is 0 Å². The van der Waals surface area contributed by atoms with Crippen LogP contribution in [0.3, 0.4) is 0 Å². The van der Waals surface area contributed by atoms with E-state index in [-0.39, 0.29) is 0 Å². The van der Waals surface area contributed by atoms with Gasteiger partial charge in [-0.1, -0.05) is 91.0 Å². The number of allylic oxidation sites excluding steroid dienone is 1. The molecule has 0 fully saturated rings. The van der Waals surface area contributed by atoms with E-state index < -0.39 is 0 Å². The summed E-state index contributed by atoms with van der Waals surface area (Å²) in [6, 6.07) is 25.3. The minimum atomic E-state index is 0.759. The van der Waals surface area contributed by atoms with E-state index in [9.17, 15) is 0 Å². The monoisotopic (exact) mass is 416 g/mol. The zero-order chi connectivity index (χ0) is 22.7. The predicted octanol–water partition coefficient (Wildman–Crippen LogP) is 6.37. The second kappa shape index (κ2) is 9.15. The van der Waals surface area contributed by atoms with Crippen molar-refractivity contribution in [2.45, 2.75) is 27.7 Å². The van der Waals surface area contributed by atoms with Gasteiger partial charge in [0.25, 0.3) is 0 Å². The Bertz CT molecular complexity index is 1460. The van der Waals surface area contributed by atoms with Gasteiger partial charge < -0.3 is 0 Å². The molecule has 1 heterocycles. The highest BCUT2D eigenvalue weighted by atomic mass is 14.9. The van der Waals surface area contributed by atoms with Crippen LogP contribution in [0, 0.1) is 6.92 Å². The Hall–Kier alpha value is -3.78. The lowest BCUT2D eigenvalue weighted by atomic mass is 9.96. The largest absolute Gasteiger partial charge is 0.236 e. The SMILES string of the molecule is C=C(C)c1ccc(/C(C(C)=Nc2ncc3ccccc3c2C)=c2\cccc\c2=C\C)cc1. The Kier molecular flexibility index (Phi) is 6.13. The second-order valence-corrected chi connectivity index (χ2v) is 8.10. The number of hydrogen-bond acceptors (Lipinski definition) is 2. The van der Waals surface area contributed by atoms with Gasteiger partial charge in [0.05, 0.1) is 0 Å². The molecule has 0 radical (unpaired) electrons. The third-order valence-corrected chi connectivity index (χ3v) is 5.87. The molecule has 32 heavy (non-hydrogen) atoms. The van der Waals surface area contributed by atoms with Gasteiger partial charge in [-0.3, -0.25) is 0 Å². The van der Waals surface area contributed by atoms with Crippen molar-refractivity contribution >= 4 is 39.5 Å². The van der Waals surface area contributed by atoms with Crippen LogP contribution >= 0.6 is 0 Å². The average molecular weight is 417 g/mol. The van der Waals surface area contributed by atoms with Gasteiger partial charge >= 0.3 is 0 Å². The van der Waals surface area contributed by atoms with Crippen molar-refractivity contribution in [2.75, 3.05) is 0 Å². The summed E-state index contributed by atoms with van der Waals surface area (Å²) in [5.74, 6) is 0.759. The van der Waals surface area contributed by atoms with E-state index in [1.54, 1.807) is 0 Å². The van der Waals surface area contributed by atoms with Gasteiger partial charge in [-0.2, -0.15) is 0 Å². The van der Waals surface area contributed by atoms with Crippen LogP contribution in [0.1, 0.15) is 37.5 Å². The van der Waals surface area contributed by atoms with Crippen LogP contribution in [-0.4, -0.2) is 10.7 Å². The topological polar surface area (TPSA) is 25.2 Å². The number of pyridine rings is 1. The van der Waals surface area contributed by atoms with E-state index in [0.29, 0.717) is 0 Å². The first-order valence-corrected chi connectivity index (χ1v) is 10.9. The number of aliphatic imine (C=N–C) groups is 1. The highest BCUT2D eigenvalue weighted by Crippen LogP contribution is 2.26. The normalized spacial score (nSPS) is 13.4. The summed E-state index contributed by atoms with van der Waals surface area (Å²) < 4.78 is 0. The highest BCUT2D eigenvalue weighted by molar-refractivity contribution is 6.23. The molecule has 0 aliphatic carbocycles. The Morgan fingerprint density at radius 2 is 1.53 bits per heavy atom. The minimum Gasteiger partial charge on any atom is -0.236 e. The van der Waals surface area contributed by atoms with Crippen molar-refractivity contribution in [3.63, 3.8) is 0 Å². The zero-order valence-corrected chi connectivity index (χ0v) is 19.2. The first-order valence-electron chi connectivity index (χ1n) is 10.9. The molecule has 3 aromatic carbocycles. The molecule has 0 bridgehead atoms. The molecule has 158 valence electrons. The van der Waals surface area contributed by atoms with E-state index in [1.807, 2.05) is 19.2 Å². The number of fused-ring (bicyclic) bond motifs is 1. The van der Waals surface area contributed by atoms with Crippen molar-refractivity contribution in [3.05, 3.63) is 113 Å². The van der Waals surface area contributed by atoms with Gasteiger partial charge in [-0.15, -0.1) is 0 Å². The fourth-order valence-corrected chi connectivity index (χ4v) is 4.08. The van der Waals surface area contributed by atoms with Gasteiger partial charge in [-0.05, 0) is 54.6 Å². The quantitative estimate of drug-likeness (QED) is 0.355. The molecule has 0 atom stereocenters. The first-order chi connectivity index (χ1) is 15.5. The van der Waals surface area contributed by atoms with Gasteiger partial charge in [0, 0.05) is 28.4 Å². The van der Waals surface area contributed by atoms with E-state index in [0.717, 1.165) is 50.0 Å². The predicted molar refractivity (Wildman–Crippen MR) is 139 cm³/mol. The number of aromatic nitrogens is 1. The van der Waals surface area contributed by atoms with Crippen molar-refractivity contribution < 1.29 is 0 Å². The van der Waals surface area contributed by atoms with E-state index >= 15 is 0 Å². The fraction of sp³-hybridized carbons (Fsp3) is 0.133. The standard InChI is InChI=1S/C30H28N2/c1-6-23-11-7-10-14-28(23)29(25-17-15-24(16-18-25)20(2)3)22(5)32-30-21(4)27-13-9-8-12-26(27)19-31-30/h6-19H,2H2,1,3-5H3/b23-6-,29-28+,32-22?. The molecule has 0 saturated carbocycles. The smallest absolute Gasteiger partial charge is 0.155 e. The van der Waals surface area contributed by atoms with Crippen molar-refractivity contribution in [3.8, 4) is 0 Å². The molecule has 4 aromatic rings. The van der Waals surface area contributed by atoms with Gasteiger partial charge in [-0.25, -0.2) is 9.98 Å². The van der Waals surface area contributed by atoms with E-state index in [2.05, 4.69) is 105 Å². The second-order valence-electron chi connectivity index (χ2n) is 8.10. The van der Waals surface area contributed by atoms with Crippen molar-refractivity contribution in [1.82, 2.24) is 4.98 Å². The molecule has 0 aliphatic heterocycles. The lowest BCUT2D eigenvalue weighted by Crippen LogP contribution is -2.28. The van der Waals surface area contributed by atoms with E-state index in [1.165, 1.54) is 10.6 Å². The maximum atomic E-state index is 5.03. The zero-order valence-electron chi connectivity index (χ0n) is 19.2. The van der Waals surface area contributed by atoms with Crippen molar-refractivity contribution in [1.29, 1.82) is 0 Å². The first kappa shape index (κ1) is 21.5. The lowest BCUT2D eigenvalue weighted by molar-refractivity contribution is 1.25. The Balaban J connectivity index is 1.97. The number of rotatable bonds is 4. The summed E-state index contributed by atoms with van der Waals surface area (Å²) in [5, 5.41) is 4.66. The molecule has 4 rings (SSSR count). The molecule has 0 unspecified atom stereocenters. The number of nitrogens with zero attached hydrogens (tertiary/aromatic N) is 2.